The topological polar surface area (TPSA) is 44.6 Å². The molecule has 1 aliphatic rings. The smallest absolute Gasteiger partial charge is 0.191 e. The molecule has 6 heteroatoms. The summed E-state index contributed by atoms with van der Waals surface area (Å²) < 4.78 is 2.33. The second kappa shape index (κ2) is 11.7. The summed E-state index contributed by atoms with van der Waals surface area (Å²) in [4.78, 5) is 7.37. The van der Waals surface area contributed by atoms with Crippen LogP contribution in [0, 0.1) is 0 Å². The van der Waals surface area contributed by atoms with Gasteiger partial charge in [-0.2, -0.15) is 0 Å². The van der Waals surface area contributed by atoms with Crippen molar-refractivity contribution in [1.82, 2.24) is 20.1 Å². The predicted molar refractivity (Wildman–Crippen MR) is 131 cm³/mol. The quantitative estimate of drug-likeness (QED) is 0.262. The van der Waals surface area contributed by atoms with Crippen LogP contribution in [0.2, 0.25) is 0 Å². The van der Waals surface area contributed by atoms with E-state index in [0.29, 0.717) is 12.1 Å². The van der Waals surface area contributed by atoms with Crippen molar-refractivity contribution >= 4 is 40.8 Å². The molecule has 1 aromatic heterocycles. The van der Waals surface area contributed by atoms with Crippen LogP contribution in [0.25, 0.3) is 10.9 Å². The minimum atomic E-state index is 0. The van der Waals surface area contributed by atoms with Crippen LogP contribution >= 0.6 is 24.0 Å². The number of aliphatic imine (C=N–C) groups is 1. The first-order valence-electron chi connectivity index (χ1n) is 10.5. The number of halogens is 1. The Hall–Kier alpha value is -1.28. The van der Waals surface area contributed by atoms with Gasteiger partial charge in [-0.05, 0) is 57.6 Å². The molecule has 0 bridgehead atoms. The number of rotatable bonds is 7. The molecule has 0 atom stereocenters. The maximum absolute atomic E-state index is 4.81. The van der Waals surface area contributed by atoms with E-state index in [1.54, 1.807) is 0 Å². The van der Waals surface area contributed by atoms with Crippen LogP contribution < -0.4 is 10.6 Å². The van der Waals surface area contributed by atoms with E-state index < -0.39 is 0 Å². The molecule has 1 aliphatic heterocycles. The Bertz CT molecular complexity index is 731. The standard InChI is InChI=1S/C22H35N5.HI/c1-4-23-22(25-20-11-16-26(17-12-20)18(2)3)24-13-7-14-27-15-10-19-8-5-6-9-21(19)27;/h5-6,8-10,15,18,20H,4,7,11-14,16-17H2,1-3H3,(H2,23,24,25);1H. The zero-order valence-electron chi connectivity index (χ0n) is 17.5. The lowest BCUT2D eigenvalue weighted by Gasteiger charge is -2.35. The van der Waals surface area contributed by atoms with Gasteiger partial charge in [0.25, 0.3) is 0 Å². The van der Waals surface area contributed by atoms with Gasteiger partial charge in [-0.15, -0.1) is 24.0 Å². The maximum atomic E-state index is 4.81. The predicted octanol–water partition coefficient (Wildman–Crippen LogP) is 4.08. The van der Waals surface area contributed by atoms with Gasteiger partial charge in [-0.3, -0.25) is 4.99 Å². The molecule has 0 unspecified atom stereocenters. The van der Waals surface area contributed by atoms with Crippen LogP contribution in [-0.2, 0) is 6.54 Å². The lowest BCUT2D eigenvalue weighted by Crippen LogP contribution is -2.49. The number of fused-ring (bicyclic) bond motifs is 1. The zero-order valence-corrected chi connectivity index (χ0v) is 19.9. The van der Waals surface area contributed by atoms with Crippen LogP contribution in [0.4, 0.5) is 0 Å². The largest absolute Gasteiger partial charge is 0.357 e. The van der Waals surface area contributed by atoms with Crippen LogP contribution in [0.15, 0.2) is 41.5 Å². The van der Waals surface area contributed by atoms with Crippen LogP contribution in [0.1, 0.15) is 40.0 Å². The van der Waals surface area contributed by atoms with E-state index in [2.05, 4.69) is 77.4 Å². The first-order chi connectivity index (χ1) is 13.2. The number of aryl methyl sites for hydroxylation is 1. The molecular weight excluding hydrogens is 461 g/mol. The third-order valence-corrected chi connectivity index (χ3v) is 5.45. The number of nitrogens with one attached hydrogen (secondary N) is 2. The molecular formula is C22H36IN5. The number of guanidine groups is 1. The summed E-state index contributed by atoms with van der Waals surface area (Å²) in [6.07, 6.45) is 5.61. The minimum absolute atomic E-state index is 0. The molecule has 0 amide bonds. The minimum Gasteiger partial charge on any atom is -0.357 e. The molecule has 2 N–H and O–H groups in total. The molecule has 156 valence electrons. The Morgan fingerprint density at radius 1 is 1.18 bits per heavy atom. The van der Waals surface area contributed by atoms with Gasteiger partial charge in [-0.25, -0.2) is 0 Å². The molecule has 1 fully saturated rings. The summed E-state index contributed by atoms with van der Waals surface area (Å²) in [5.41, 5.74) is 1.31. The molecule has 2 heterocycles. The molecule has 0 spiro atoms. The van der Waals surface area contributed by atoms with Crippen molar-refractivity contribution in [3.63, 3.8) is 0 Å². The zero-order chi connectivity index (χ0) is 19.1. The molecule has 1 aromatic carbocycles. The fraction of sp³-hybridized carbons (Fsp3) is 0.591. The van der Waals surface area contributed by atoms with E-state index in [-0.39, 0.29) is 24.0 Å². The molecule has 0 radical (unpaired) electrons. The summed E-state index contributed by atoms with van der Waals surface area (Å²) in [5, 5.41) is 8.36. The number of aromatic nitrogens is 1. The molecule has 3 rings (SSSR count). The van der Waals surface area contributed by atoms with Crippen molar-refractivity contribution < 1.29 is 0 Å². The van der Waals surface area contributed by atoms with Gasteiger partial charge in [0.05, 0.1) is 0 Å². The van der Waals surface area contributed by atoms with Gasteiger partial charge >= 0.3 is 0 Å². The number of benzene rings is 1. The second-order valence-corrected chi connectivity index (χ2v) is 7.73. The van der Waals surface area contributed by atoms with Gasteiger partial charge < -0.3 is 20.1 Å². The van der Waals surface area contributed by atoms with Crippen molar-refractivity contribution in [2.75, 3.05) is 26.2 Å². The van der Waals surface area contributed by atoms with Crippen LogP contribution in [0.5, 0.6) is 0 Å². The molecule has 0 saturated carbocycles. The molecule has 28 heavy (non-hydrogen) atoms. The molecule has 1 saturated heterocycles. The lowest BCUT2D eigenvalue weighted by atomic mass is 10.0. The van der Waals surface area contributed by atoms with Gasteiger partial charge in [0.15, 0.2) is 5.96 Å². The van der Waals surface area contributed by atoms with Gasteiger partial charge in [0.2, 0.25) is 0 Å². The highest BCUT2D eigenvalue weighted by atomic mass is 127. The summed E-state index contributed by atoms with van der Waals surface area (Å²) in [6.45, 7) is 11.8. The lowest BCUT2D eigenvalue weighted by molar-refractivity contribution is 0.167. The third-order valence-electron chi connectivity index (χ3n) is 5.45. The summed E-state index contributed by atoms with van der Waals surface area (Å²) in [6, 6.07) is 11.9. The number of likely N-dealkylation sites (tertiary alicyclic amines) is 1. The maximum Gasteiger partial charge on any atom is 0.191 e. The Labute approximate surface area is 187 Å². The highest BCUT2D eigenvalue weighted by Gasteiger charge is 2.21. The highest BCUT2D eigenvalue weighted by molar-refractivity contribution is 14.0. The average molecular weight is 497 g/mol. The number of para-hydroxylation sites is 1. The number of hydrogen-bond donors (Lipinski definition) is 2. The van der Waals surface area contributed by atoms with Crippen LogP contribution in [0.3, 0.4) is 0 Å². The normalized spacial score (nSPS) is 16.4. The number of nitrogens with zero attached hydrogens (tertiary/aromatic N) is 3. The van der Waals surface area contributed by atoms with Crippen molar-refractivity contribution in [3.8, 4) is 0 Å². The first kappa shape index (κ1) is 23.0. The summed E-state index contributed by atoms with van der Waals surface area (Å²) in [5.74, 6) is 0.970. The Kier molecular flexibility index (Phi) is 9.58. The third kappa shape index (κ3) is 6.37. The Morgan fingerprint density at radius 3 is 2.64 bits per heavy atom. The van der Waals surface area contributed by atoms with Crippen molar-refractivity contribution in [1.29, 1.82) is 0 Å². The van der Waals surface area contributed by atoms with E-state index in [4.69, 9.17) is 4.99 Å². The number of piperidine rings is 1. The van der Waals surface area contributed by atoms with Gasteiger partial charge in [0.1, 0.15) is 0 Å². The van der Waals surface area contributed by atoms with Crippen molar-refractivity contribution in [2.45, 2.75) is 58.7 Å². The Balaban J connectivity index is 0.00000280. The van der Waals surface area contributed by atoms with E-state index >= 15 is 0 Å². The van der Waals surface area contributed by atoms with E-state index in [9.17, 15) is 0 Å². The van der Waals surface area contributed by atoms with Crippen molar-refractivity contribution in [3.05, 3.63) is 36.5 Å². The summed E-state index contributed by atoms with van der Waals surface area (Å²) in [7, 11) is 0. The van der Waals surface area contributed by atoms with E-state index in [1.807, 2.05) is 0 Å². The molecule has 5 nitrogen and oxygen atoms in total. The van der Waals surface area contributed by atoms with Gasteiger partial charge in [0, 0.05) is 56.5 Å². The van der Waals surface area contributed by atoms with Crippen LogP contribution in [-0.4, -0.2) is 53.7 Å². The van der Waals surface area contributed by atoms with E-state index in [1.165, 1.54) is 36.8 Å². The SMILES string of the molecule is CCNC(=NCCCn1ccc2ccccc21)NC1CCN(C(C)C)CC1.I. The average Bonchev–Trinajstić information content (AvgIpc) is 3.09. The summed E-state index contributed by atoms with van der Waals surface area (Å²) >= 11 is 0. The highest BCUT2D eigenvalue weighted by Crippen LogP contribution is 2.15. The number of hydrogen-bond acceptors (Lipinski definition) is 2. The van der Waals surface area contributed by atoms with E-state index in [0.717, 1.165) is 32.0 Å². The van der Waals surface area contributed by atoms with Crippen molar-refractivity contribution in [2.24, 2.45) is 4.99 Å². The Morgan fingerprint density at radius 2 is 1.93 bits per heavy atom. The molecule has 2 aromatic rings. The fourth-order valence-corrected chi connectivity index (χ4v) is 3.84. The van der Waals surface area contributed by atoms with Gasteiger partial charge in [-0.1, -0.05) is 18.2 Å². The fourth-order valence-electron chi connectivity index (χ4n) is 3.84. The second-order valence-electron chi connectivity index (χ2n) is 7.73. The molecule has 0 aliphatic carbocycles. The monoisotopic (exact) mass is 497 g/mol. The first-order valence-corrected chi connectivity index (χ1v) is 10.5.